The van der Waals surface area contributed by atoms with Gasteiger partial charge in [0.15, 0.2) is 0 Å². The summed E-state index contributed by atoms with van der Waals surface area (Å²) >= 11 is 0. The van der Waals surface area contributed by atoms with Crippen LogP contribution < -0.4 is 0 Å². The molecule has 0 amide bonds. The monoisotopic (exact) mass is 168 g/mol. The topological polar surface area (TPSA) is 72.8 Å². The minimum atomic E-state index is -4.32. The SMILES string of the molecule is C=COCCOS(=O)(=O)O. The second kappa shape index (κ2) is 4.26. The molecule has 0 aromatic rings. The lowest BCUT2D eigenvalue weighted by atomic mass is 10.8. The molecule has 60 valence electrons. The molecule has 6 heteroatoms. The van der Waals surface area contributed by atoms with Crippen molar-refractivity contribution in [2.24, 2.45) is 0 Å². The predicted molar refractivity (Wildman–Crippen MR) is 33.6 cm³/mol. The third-order valence-corrected chi connectivity index (χ3v) is 1.02. The first-order valence-corrected chi connectivity index (χ1v) is 3.77. The maximum Gasteiger partial charge on any atom is 0.397 e. The van der Waals surface area contributed by atoms with Crippen molar-refractivity contribution in [2.75, 3.05) is 13.2 Å². The van der Waals surface area contributed by atoms with Crippen LogP contribution in [0.4, 0.5) is 0 Å². The summed E-state index contributed by atoms with van der Waals surface area (Å²) in [6.45, 7) is 3.03. The zero-order chi connectivity index (χ0) is 8.04. The lowest BCUT2D eigenvalue weighted by molar-refractivity contribution is 0.170. The van der Waals surface area contributed by atoms with Crippen LogP contribution in [0.1, 0.15) is 0 Å². The summed E-state index contributed by atoms with van der Waals surface area (Å²) in [6, 6.07) is 0. The Morgan fingerprint density at radius 2 is 2.10 bits per heavy atom. The Morgan fingerprint density at radius 3 is 2.50 bits per heavy atom. The second-order valence-electron chi connectivity index (χ2n) is 1.29. The third-order valence-electron chi connectivity index (χ3n) is 0.551. The molecule has 0 spiro atoms. The molecule has 0 aliphatic carbocycles. The van der Waals surface area contributed by atoms with Gasteiger partial charge in [-0.25, -0.2) is 4.18 Å². The van der Waals surface area contributed by atoms with E-state index in [0.717, 1.165) is 6.26 Å². The van der Waals surface area contributed by atoms with E-state index >= 15 is 0 Å². The highest BCUT2D eigenvalue weighted by molar-refractivity contribution is 7.80. The van der Waals surface area contributed by atoms with Crippen molar-refractivity contribution >= 4 is 10.4 Å². The van der Waals surface area contributed by atoms with Crippen molar-refractivity contribution in [1.29, 1.82) is 0 Å². The Kier molecular flexibility index (Phi) is 4.01. The number of rotatable bonds is 5. The van der Waals surface area contributed by atoms with Crippen LogP contribution in [0, 0.1) is 0 Å². The highest BCUT2D eigenvalue weighted by Gasteiger charge is 2.01. The average molecular weight is 168 g/mol. The standard InChI is InChI=1S/C4H8O5S/c1-2-8-3-4-9-10(5,6)7/h2H,1,3-4H2,(H,5,6,7). The molecule has 0 aliphatic heterocycles. The Balaban J connectivity index is 3.29. The van der Waals surface area contributed by atoms with Gasteiger partial charge in [0.25, 0.3) is 0 Å². The summed E-state index contributed by atoms with van der Waals surface area (Å²) in [5.74, 6) is 0. The van der Waals surface area contributed by atoms with Crippen molar-refractivity contribution in [3.63, 3.8) is 0 Å². The summed E-state index contributed by atoms with van der Waals surface area (Å²) in [5.41, 5.74) is 0. The van der Waals surface area contributed by atoms with Crippen molar-refractivity contribution < 1.29 is 21.9 Å². The fourth-order valence-corrected chi connectivity index (χ4v) is 0.549. The van der Waals surface area contributed by atoms with E-state index in [9.17, 15) is 8.42 Å². The third kappa shape index (κ3) is 7.41. The molecule has 0 heterocycles. The molecule has 10 heavy (non-hydrogen) atoms. The first kappa shape index (κ1) is 9.41. The van der Waals surface area contributed by atoms with Crippen LogP contribution in [0.5, 0.6) is 0 Å². The molecule has 0 atom stereocenters. The van der Waals surface area contributed by atoms with Crippen LogP contribution in [-0.2, 0) is 19.3 Å². The van der Waals surface area contributed by atoms with Gasteiger partial charge in [-0.1, -0.05) is 6.58 Å². The van der Waals surface area contributed by atoms with Gasteiger partial charge in [0.05, 0.1) is 6.26 Å². The fraction of sp³-hybridized carbons (Fsp3) is 0.500. The van der Waals surface area contributed by atoms with Gasteiger partial charge in [-0.2, -0.15) is 8.42 Å². The Bertz CT molecular complexity index is 182. The molecule has 5 nitrogen and oxygen atoms in total. The van der Waals surface area contributed by atoms with Gasteiger partial charge in [0.1, 0.15) is 13.2 Å². The molecule has 0 unspecified atom stereocenters. The summed E-state index contributed by atoms with van der Waals surface area (Å²) in [6.07, 6.45) is 1.15. The van der Waals surface area contributed by atoms with Gasteiger partial charge in [0, 0.05) is 0 Å². The molecular weight excluding hydrogens is 160 g/mol. The predicted octanol–water partition coefficient (Wildman–Crippen LogP) is -0.0341. The van der Waals surface area contributed by atoms with Crippen LogP contribution in [0.15, 0.2) is 12.8 Å². The largest absolute Gasteiger partial charge is 0.499 e. The Morgan fingerprint density at radius 1 is 1.50 bits per heavy atom. The first-order chi connectivity index (χ1) is 4.56. The maximum absolute atomic E-state index is 9.85. The molecule has 0 saturated carbocycles. The van der Waals surface area contributed by atoms with Crippen molar-refractivity contribution in [2.45, 2.75) is 0 Å². The summed E-state index contributed by atoms with van der Waals surface area (Å²) < 4.78 is 36.1. The normalized spacial score (nSPS) is 10.9. The molecule has 0 rings (SSSR count). The van der Waals surface area contributed by atoms with E-state index < -0.39 is 10.4 Å². The smallest absolute Gasteiger partial charge is 0.397 e. The van der Waals surface area contributed by atoms with Gasteiger partial charge < -0.3 is 4.74 Å². The van der Waals surface area contributed by atoms with Gasteiger partial charge in [0.2, 0.25) is 0 Å². The van der Waals surface area contributed by atoms with Gasteiger partial charge >= 0.3 is 10.4 Å². The van der Waals surface area contributed by atoms with Gasteiger partial charge in [-0.05, 0) is 0 Å². The van der Waals surface area contributed by atoms with Crippen LogP contribution >= 0.6 is 0 Å². The summed E-state index contributed by atoms with van der Waals surface area (Å²) in [5, 5.41) is 0. The molecule has 0 aromatic heterocycles. The summed E-state index contributed by atoms with van der Waals surface area (Å²) in [4.78, 5) is 0. The van der Waals surface area contributed by atoms with Gasteiger partial charge in [-0.3, -0.25) is 4.55 Å². The fourth-order valence-electron chi connectivity index (χ4n) is 0.271. The highest BCUT2D eigenvalue weighted by atomic mass is 32.3. The van der Waals surface area contributed by atoms with Crippen molar-refractivity contribution in [3.05, 3.63) is 12.8 Å². The number of hydrogen-bond donors (Lipinski definition) is 1. The number of ether oxygens (including phenoxy) is 1. The number of hydrogen-bond acceptors (Lipinski definition) is 4. The van der Waals surface area contributed by atoms with Crippen LogP contribution in [0.2, 0.25) is 0 Å². The lowest BCUT2D eigenvalue weighted by Crippen LogP contribution is -2.08. The van der Waals surface area contributed by atoms with E-state index in [0.29, 0.717) is 0 Å². The molecule has 0 aromatic carbocycles. The van der Waals surface area contributed by atoms with E-state index in [-0.39, 0.29) is 13.2 Å². The van der Waals surface area contributed by atoms with E-state index in [1.165, 1.54) is 0 Å². The summed E-state index contributed by atoms with van der Waals surface area (Å²) in [7, 11) is -4.32. The van der Waals surface area contributed by atoms with Crippen LogP contribution in [-0.4, -0.2) is 26.2 Å². The zero-order valence-corrected chi connectivity index (χ0v) is 6.00. The van der Waals surface area contributed by atoms with Gasteiger partial charge in [-0.15, -0.1) is 0 Å². The van der Waals surface area contributed by atoms with E-state index in [1.54, 1.807) is 0 Å². The van der Waals surface area contributed by atoms with Crippen LogP contribution in [0.3, 0.4) is 0 Å². The first-order valence-electron chi connectivity index (χ1n) is 2.40. The zero-order valence-electron chi connectivity index (χ0n) is 5.19. The van der Waals surface area contributed by atoms with E-state index in [4.69, 9.17) is 4.55 Å². The van der Waals surface area contributed by atoms with Crippen molar-refractivity contribution in [3.8, 4) is 0 Å². The van der Waals surface area contributed by atoms with Crippen molar-refractivity contribution in [1.82, 2.24) is 0 Å². The minimum Gasteiger partial charge on any atom is -0.499 e. The molecular formula is C4H8O5S. The Hall–Kier alpha value is -0.590. The average Bonchev–Trinajstić information content (AvgIpc) is 1.78. The molecule has 0 fully saturated rings. The quantitative estimate of drug-likeness (QED) is 0.354. The second-order valence-corrected chi connectivity index (χ2v) is 2.38. The lowest BCUT2D eigenvalue weighted by Gasteiger charge is -1.98. The molecule has 0 radical (unpaired) electrons. The molecule has 1 N–H and O–H groups in total. The molecule has 0 bridgehead atoms. The highest BCUT2D eigenvalue weighted by Crippen LogP contribution is 1.85. The minimum absolute atomic E-state index is 0.0449. The van der Waals surface area contributed by atoms with E-state index in [2.05, 4.69) is 15.5 Å². The molecule has 0 saturated heterocycles. The van der Waals surface area contributed by atoms with E-state index in [1.807, 2.05) is 0 Å². The van der Waals surface area contributed by atoms with Crippen LogP contribution in [0.25, 0.3) is 0 Å². The molecule has 0 aliphatic rings. The Labute approximate surface area is 59.2 Å². The maximum atomic E-state index is 9.85.